The Bertz CT molecular complexity index is 496. The van der Waals surface area contributed by atoms with Gasteiger partial charge in [0.2, 0.25) is 0 Å². The van der Waals surface area contributed by atoms with Crippen LogP contribution in [0.25, 0.3) is 0 Å². The average Bonchev–Trinajstić information content (AvgIpc) is 2.42. The van der Waals surface area contributed by atoms with Gasteiger partial charge in [-0.1, -0.05) is 6.92 Å². The van der Waals surface area contributed by atoms with Crippen molar-refractivity contribution in [2.75, 3.05) is 12.0 Å². The van der Waals surface area contributed by atoms with Gasteiger partial charge in [0.05, 0.1) is 15.9 Å². The fourth-order valence-corrected chi connectivity index (χ4v) is 2.52. The van der Waals surface area contributed by atoms with Gasteiger partial charge in [-0.15, -0.1) is 0 Å². The molecule has 0 saturated carbocycles. The second kappa shape index (κ2) is 7.81. The summed E-state index contributed by atoms with van der Waals surface area (Å²) >= 11 is 1.70. The molecule has 1 aromatic carbocycles. The van der Waals surface area contributed by atoms with Crippen LogP contribution in [0.1, 0.15) is 18.9 Å². The van der Waals surface area contributed by atoms with Crippen molar-refractivity contribution in [1.82, 2.24) is 5.32 Å². The van der Waals surface area contributed by atoms with Gasteiger partial charge in [-0.05, 0) is 18.7 Å². The normalized spacial score (nSPS) is 12.1. The van der Waals surface area contributed by atoms with Crippen molar-refractivity contribution in [3.05, 3.63) is 44.0 Å². The molecule has 110 valence electrons. The summed E-state index contributed by atoms with van der Waals surface area (Å²) in [7, 11) is 0. The highest BCUT2D eigenvalue weighted by atomic mass is 32.2. The van der Waals surface area contributed by atoms with Crippen molar-refractivity contribution in [2.24, 2.45) is 0 Å². The van der Waals surface area contributed by atoms with Gasteiger partial charge >= 0.3 is 0 Å². The fourth-order valence-electron chi connectivity index (χ4n) is 1.76. The van der Waals surface area contributed by atoms with Crippen LogP contribution < -0.4 is 5.32 Å². The molecule has 1 aromatic rings. The fraction of sp³-hybridized carbons (Fsp3) is 0.500. The highest BCUT2D eigenvalue weighted by molar-refractivity contribution is 7.98. The highest BCUT2D eigenvalue weighted by Crippen LogP contribution is 2.24. The molecule has 0 spiro atoms. The van der Waals surface area contributed by atoms with Gasteiger partial charge in [0.25, 0.3) is 11.4 Å². The molecular formula is C12H17N3O4S. The number of nitrogens with zero attached hydrogens (tertiary/aromatic N) is 2. The van der Waals surface area contributed by atoms with E-state index in [9.17, 15) is 20.2 Å². The summed E-state index contributed by atoms with van der Waals surface area (Å²) in [6, 6.07) is 4.00. The molecule has 7 nitrogen and oxygen atoms in total. The third-order valence-corrected chi connectivity index (χ3v) is 3.65. The molecule has 0 aliphatic rings. The van der Waals surface area contributed by atoms with Crippen LogP contribution in [0.2, 0.25) is 0 Å². The Kier molecular flexibility index (Phi) is 6.40. The third-order valence-electron chi connectivity index (χ3n) is 2.92. The van der Waals surface area contributed by atoms with E-state index in [1.165, 1.54) is 12.1 Å². The van der Waals surface area contributed by atoms with Crippen LogP contribution in [0.4, 0.5) is 11.4 Å². The molecule has 8 heteroatoms. The lowest BCUT2D eigenvalue weighted by Crippen LogP contribution is -2.30. The molecule has 1 rings (SSSR count). The first-order chi connectivity index (χ1) is 9.49. The van der Waals surface area contributed by atoms with Gasteiger partial charge in [0.1, 0.15) is 0 Å². The first-order valence-electron chi connectivity index (χ1n) is 6.13. The number of rotatable bonds is 8. The Balaban J connectivity index is 2.89. The summed E-state index contributed by atoms with van der Waals surface area (Å²) in [5.41, 5.74) is -0.0255. The van der Waals surface area contributed by atoms with Crippen LogP contribution in [-0.2, 0) is 6.54 Å². The molecule has 1 unspecified atom stereocenters. The zero-order valence-electron chi connectivity index (χ0n) is 11.4. The molecule has 0 aromatic heterocycles. The van der Waals surface area contributed by atoms with Gasteiger partial charge in [-0.2, -0.15) is 11.8 Å². The Morgan fingerprint density at radius 3 is 2.50 bits per heavy atom. The lowest BCUT2D eigenvalue weighted by molar-refractivity contribution is -0.394. The Morgan fingerprint density at radius 1 is 1.30 bits per heavy atom. The maximum absolute atomic E-state index is 11.0. The quantitative estimate of drug-likeness (QED) is 0.585. The number of hydrogen-bond donors (Lipinski definition) is 1. The van der Waals surface area contributed by atoms with Gasteiger partial charge < -0.3 is 5.32 Å². The number of nitro groups is 2. The second-order valence-corrected chi connectivity index (χ2v) is 5.18. The largest absolute Gasteiger partial charge is 0.309 e. The van der Waals surface area contributed by atoms with Crippen LogP contribution in [0, 0.1) is 20.2 Å². The molecule has 1 N–H and O–H groups in total. The number of hydrogen-bond acceptors (Lipinski definition) is 6. The molecule has 0 aliphatic heterocycles. The average molecular weight is 299 g/mol. The van der Waals surface area contributed by atoms with Crippen molar-refractivity contribution in [3.63, 3.8) is 0 Å². The van der Waals surface area contributed by atoms with Crippen molar-refractivity contribution in [1.29, 1.82) is 0 Å². The van der Waals surface area contributed by atoms with Gasteiger partial charge in [0, 0.05) is 30.0 Å². The minimum atomic E-state index is -0.632. The molecular weight excluding hydrogens is 282 g/mol. The smallest absolute Gasteiger partial charge is 0.280 e. The summed E-state index contributed by atoms with van der Waals surface area (Å²) in [6.07, 6.45) is 2.92. The van der Waals surface area contributed by atoms with Crippen LogP contribution in [0.3, 0.4) is 0 Å². The molecule has 0 heterocycles. The summed E-state index contributed by atoms with van der Waals surface area (Å²) < 4.78 is 0. The lowest BCUT2D eigenvalue weighted by Gasteiger charge is -2.15. The van der Waals surface area contributed by atoms with E-state index in [0.717, 1.165) is 18.2 Å². The molecule has 0 aliphatic carbocycles. The van der Waals surface area contributed by atoms with E-state index in [1.807, 2.05) is 13.2 Å². The Labute approximate surface area is 121 Å². The van der Waals surface area contributed by atoms with Crippen LogP contribution >= 0.6 is 11.8 Å². The summed E-state index contributed by atoms with van der Waals surface area (Å²) in [6.45, 7) is 2.37. The zero-order valence-corrected chi connectivity index (χ0v) is 12.2. The van der Waals surface area contributed by atoms with Gasteiger partial charge in [-0.25, -0.2) is 0 Å². The Morgan fingerprint density at radius 2 is 2.00 bits per heavy atom. The first kappa shape index (κ1) is 16.4. The topological polar surface area (TPSA) is 98.3 Å². The van der Waals surface area contributed by atoms with E-state index in [-0.39, 0.29) is 17.4 Å². The van der Waals surface area contributed by atoms with Crippen molar-refractivity contribution >= 4 is 23.1 Å². The van der Waals surface area contributed by atoms with E-state index in [4.69, 9.17) is 0 Å². The van der Waals surface area contributed by atoms with Crippen LogP contribution in [0.5, 0.6) is 0 Å². The third kappa shape index (κ3) is 4.46. The lowest BCUT2D eigenvalue weighted by atomic mass is 10.1. The monoisotopic (exact) mass is 299 g/mol. The molecule has 0 bridgehead atoms. The predicted octanol–water partition coefficient (Wildman–Crippen LogP) is 2.73. The summed E-state index contributed by atoms with van der Waals surface area (Å²) in [4.78, 5) is 20.4. The Hall–Kier alpha value is -1.67. The highest BCUT2D eigenvalue weighted by Gasteiger charge is 2.19. The summed E-state index contributed by atoms with van der Waals surface area (Å²) in [5, 5.41) is 24.9. The van der Waals surface area contributed by atoms with Crippen molar-refractivity contribution in [2.45, 2.75) is 25.9 Å². The van der Waals surface area contributed by atoms with E-state index in [0.29, 0.717) is 12.1 Å². The summed E-state index contributed by atoms with van der Waals surface area (Å²) in [5.74, 6) is 0.914. The molecule has 1 atom stereocenters. The zero-order chi connectivity index (χ0) is 15.1. The second-order valence-electron chi connectivity index (χ2n) is 4.27. The molecule has 0 amide bonds. The first-order valence-corrected chi connectivity index (χ1v) is 7.53. The minimum Gasteiger partial charge on any atom is -0.309 e. The van der Waals surface area contributed by atoms with Crippen molar-refractivity contribution in [3.8, 4) is 0 Å². The van der Waals surface area contributed by atoms with E-state index in [2.05, 4.69) is 5.32 Å². The van der Waals surface area contributed by atoms with Crippen molar-refractivity contribution < 1.29 is 9.85 Å². The number of nitro benzene ring substituents is 2. The number of non-ortho nitro benzene ring substituents is 1. The molecule has 20 heavy (non-hydrogen) atoms. The number of nitrogens with one attached hydrogen (secondary N) is 1. The van der Waals surface area contributed by atoms with E-state index >= 15 is 0 Å². The molecule has 0 radical (unpaired) electrons. The number of thioether (sulfide) groups is 1. The van der Waals surface area contributed by atoms with E-state index in [1.54, 1.807) is 11.8 Å². The maximum Gasteiger partial charge on any atom is 0.280 e. The van der Waals surface area contributed by atoms with Gasteiger partial charge in [0.15, 0.2) is 0 Å². The SMILES string of the molecule is CCC(CSC)NCc1ccc([N+](=O)[O-])cc1[N+](=O)[O-]. The maximum atomic E-state index is 11.0. The van der Waals surface area contributed by atoms with Crippen LogP contribution in [-0.4, -0.2) is 27.9 Å². The number of benzene rings is 1. The van der Waals surface area contributed by atoms with E-state index < -0.39 is 9.85 Å². The predicted molar refractivity (Wildman–Crippen MR) is 79.1 cm³/mol. The van der Waals surface area contributed by atoms with Gasteiger partial charge in [-0.3, -0.25) is 20.2 Å². The minimum absolute atomic E-state index is 0.217. The van der Waals surface area contributed by atoms with Crippen LogP contribution in [0.15, 0.2) is 18.2 Å². The molecule has 0 saturated heterocycles. The standard InChI is InChI=1S/C12H17N3O4S/c1-3-10(8-20-2)13-7-9-4-5-11(14(16)17)6-12(9)15(18)19/h4-6,10,13H,3,7-8H2,1-2H3. The molecule has 0 fully saturated rings.